The van der Waals surface area contributed by atoms with Crippen LogP contribution in [-0.2, 0) is 6.42 Å². The zero-order valence-corrected chi connectivity index (χ0v) is 19.6. The fourth-order valence-corrected chi connectivity index (χ4v) is 3.79. The third-order valence-corrected chi connectivity index (χ3v) is 5.67. The Labute approximate surface area is 205 Å². The summed E-state index contributed by atoms with van der Waals surface area (Å²) in [5.41, 5.74) is 2.59. The number of halogens is 2. The Bertz CT molecular complexity index is 1410. The van der Waals surface area contributed by atoms with E-state index in [2.05, 4.69) is 20.6 Å². The zero-order valence-electron chi connectivity index (χ0n) is 19.6. The molecule has 0 spiro atoms. The fraction of sp³-hybridized carbons (Fsp3) is 0.240. The van der Waals surface area contributed by atoms with Gasteiger partial charge in [-0.15, -0.1) is 0 Å². The Morgan fingerprint density at radius 2 is 2.00 bits per heavy atom. The summed E-state index contributed by atoms with van der Waals surface area (Å²) in [5, 5.41) is 24.1. The van der Waals surface area contributed by atoms with Gasteiger partial charge in [-0.25, -0.2) is 14.4 Å². The Morgan fingerprint density at radius 1 is 1.19 bits per heavy atom. The summed E-state index contributed by atoms with van der Waals surface area (Å²) in [6, 6.07) is 7.91. The van der Waals surface area contributed by atoms with Gasteiger partial charge >= 0.3 is 0 Å². The molecule has 1 amide bonds. The van der Waals surface area contributed by atoms with Crippen molar-refractivity contribution in [2.24, 2.45) is 0 Å². The summed E-state index contributed by atoms with van der Waals surface area (Å²) in [5.74, 6) is -2.31. The van der Waals surface area contributed by atoms with Gasteiger partial charge in [0.25, 0.3) is 5.91 Å². The molecule has 0 bridgehead atoms. The van der Waals surface area contributed by atoms with Gasteiger partial charge in [-0.1, -0.05) is 6.92 Å². The molecule has 0 saturated heterocycles. The smallest absolute Gasteiger partial charge is 0.251 e. The van der Waals surface area contributed by atoms with Crippen LogP contribution < -0.4 is 15.4 Å². The van der Waals surface area contributed by atoms with E-state index in [1.165, 1.54) is 31.6 Å². The molecule has 9 nitrogen and oxygen atoms in total. The molecule has 1 atom stereocenters. The minimum absolute atomic E-state index is 0.0212. The van der Waals surface area contributed by atoms with Gasteiger partial charge in [0.15, 0.2) is 23.0 Å². The van der Waals surface area contributed by atoms with E-state index in [9.17, 15) is 18.7 Å². The molecule has 0 fully saturated rings. The lowest BCUT2D eigenvalue weighted by Gasteiger charge is -2.14. The lowest BCUT2D eigenvalue weighted by atomic mass is 10.0. The number of amides is 1. The number of aryl methyl sites for hydroxylation is 1. The standard InChI is InChI=1S/C25H25F2N5O4/c1-3-14-10-15(4-5-17(14)25(35)30-11-16(34)13-33)31-23-24-29-12-19(32(24)9-8-28-23)18-6-7-20(36-2)22(27)21(18)26/h4-10,12,16,33-34H,3,11,13H2,1-2H3,(H,28,31)(H,30,35). The largest absolute Gasteiger partial charge is 0.494 e. The number of nitrogens with one attached hydrogen (secondary N) is 2. The highest BCUT2D eigenvalue weighted by Gasteiger charge is 2.19. The third-order valence-electron chi connectivity index (χ3n) is 5.67. The van der Waals surface area contributed by atoms with Gasteiger partial charge in [0.2, 0.25) is 5.82 Å². The molecule has 36 heavy (non-hydrogen) atoms. The number of carbonyl (C=O) groups is 1. The number of carbonyl (C=O) groups excluding carboxylic acids is 1. The Balaban J connectivity index is 1.63. The number of fused-ring (bicyclic) bond motifs is 1. The molecule has 2 aromatic carbocycles. The van der Waals surface area contributed by atoms with Gasteiger partial charge in [-0.3, -0.25) is 9.20 Å². The first-order valence-corrected chi connectivity index (χ1v) is 11.2. The van der Waals surface area contributed by atoms with Gasteiger partial charge in [-0.2, -0.15) is 4.39 Å². The van der Waals surface area contributed by atoms with Gasteiger partial charge in [0, 0.05) is 35.8 Å². The highest BCUT2D eigenvalue weighted by atomic mass is 19.2. The fourth-order valence-electron chi connectivity index (χ4n) is 3.79. The maximum Gasteiger partial charge on any atom is 0.251 e. The van der Waals surface area contributed by atoms with E-state index in [4.69, 9.17) is 9.84 Å². The normalized spacial score (nSPS) is 11.9. The summed E-state index contributed by atoms with van der Waals surface area (Å²) in [4.78, 5) is 21.2. The quantitative estimate of drug-likeness (QED) is 0.280. The lowest BCUT2D eigenvalue weighted by molar-refractivity contribution is 0.0801. The second-order valence-corrected chi connectivity index (χ2v) is 7.95. The van der Waals surface area contributed by atoms with E-state index in [0.29, 0.717) is 34.8 Å². The molecule has 0 aliphatic heterocycles. The monoisotopic (exact) mass is 497 g/mol. The Morgan fingerprint density at radius 3 is 2.72 bits per heavy atom. The number of anilines is 2. The van der Waals surface area contributed by atoms with Crippen molar-refractivity contribution >= 4 is 23.1 Å². The second-order valence-electron chi connectivity index (χ2n) is 7.95. The SMILES string of the molecule is CCc1cc(Nc2nccn3c(-c4ccc(OC)c(F)c4F)cnc23)ccc1C(=O)NCC(O)CO. The van der Waals surface area contributed by atoms with Crippen LogP contribution in [0.5, 0.6) is 5.75 Å². The van der Waals surface area contributed by atoms with E-state index >= 15 is 0 Å². The molecule has 1 unspecified atom stereocenters. The number of imidazole rings is 1. The van der Waals surface area contributed by atoms with Crippen LogP contribution in [-0.4, -0.2) is 56.9 Å². The average molecular weight is 498 g/mol. The molecular formula is C25H25F2N5O4. The van der Waals surface area contributed by atoms with Gasteiger partial charge in [0.1, 0.15) is 0 Å². The number of aliphatic hydroxyl groups is 2. The first-order chi connectivity index (χ1) is 17.4. The number of rotatable bonds is 9. The number of hydrogen-bond acceptors (Lipinski definition) is 7. The van der Waals surface area contributed by atoms with Crippen molar-refractivity contribution in [3.8, 4) is 17.0 Å². The highest BCUT2D eigenvalue weighted by Crippen LogP contribution is 2.31. The third kappa shape index (κ3) is 4.83. The van der Waals surface area contributed by atoms with Crippen LogP contribution in [0.2, 0.25) is 0 Å². The molecule has 188 valence electrons. The number of aliphatic hydroxyl groups excluding tert-OH is 2. The van der Waals surface area contributed by atoms with Gasteiger partial charge in [-0.05, 0) is 42.3 Å². The predicted molar refractivity (Wildman–Crippen MR) is 129 cm³/mol. The van der Waals surface area contributed by atoms with Crippen molar-refractivity contribution in [3.63, 3.8) is 0 Å². The summed E-state index contributed by atoms with van der Waals surface area (Å²) in [6.07, 6.45) is 4.06. The first-order valence-electron chi connectivity index (χ1n) is 11.2. The highest BCUT2D eigenvalue weighted by molar-refractivity contribution is 5.96. The minimum atomic E-state index is -1.08. The van der Waals surface area contributed by atoms with Crippen LogP contribution >= 0.6 is 0 Å². The number of aromatic nitrogens is 3. The summed E-state index contributed by atoms with van der Waals surface area (Å²) in [7, 11) is 1.26. The summed E-state index contributed by atoms with van der Waals surface area (Å²) >= 11 is 0. The average Bonchev–Trinajstić information content (AvgIpc) is 3.33. The van der Waals surface area contributed by atoms with Crippen molar-refractivity contribution in [1.29, 1.82) is 0 Å². The molecular weight excluding hydrogens is 472 g/mol. The number of benzene rings is 2. The van der Waals surface area contributed by atoms with Crippen molar-refractivity contribution in [1.82, 2.24) is 19.7 Å². The molecule has 2 aromatic heterocycles. The minimum Gasteiger partial charge on any atom is -0.494 e. The first kappa shape index (κ1) is 25.0. The van der Waals surface area contributed by atoms with Crippen molar-refractivity contribution in [2.45, 2.75) is 19.4 Å². The van der Waals surface area contributed by atoms with E-state index in [1.54, 1.807) is 28.8 Å². The summed E-state index contributed by atoms with van der Waals surface area (Å²) < 4.78 is 35.4. The number of hydrogen-bond donors (Lipinski definition) is 4. The molecule has 0 saturated carbocycles. The molecule has 4 aromatic rings. The van der Waals surface area contributed by atoms with Crippen molar-refractivity contribution < 1.29 is 28.5 Å². The van der Waals surface area contributed by atoms with E-state index in [1.807, 2.05) is 6.92 Å². The van der Waals surface area contributed by atoms with Gasteiger partial charge in [0.05, 0.1) is 31.7 Å². The molecule has 4 N–H and O–H groups in total. The number of methoxy groups -OCH3 is 1. The Hall–Kier alpha value is -4.09. The molecule has 0 radical (unpaired) electrons. The van der Waals surface area contributed by atoms with Crippen LogP contribution in [0.25, 0.3) is 16.9 Å². The van der Waals surface area contributed by atoms with Crippen LogP contribution in [0.4, 0.5) is 20.3 Å². The van der Waals surface area contributed by atoms with E-state index in [-0.39, 0.29) is 23.8 Å². The maximum absolute atomic E-state index is 14.7. The zero-order chi connectivity index (χ0) is 25.8. The molecule has 2 heterocycles. The van der Waals surface area contributed by atoms with E-state index < -0.39 is 24.3 Å². The van der Waals surface area contributed by atoms with Crippen molar-refractivity contribution in [3.05, 3.63) is 71.7 Å². The van der Waals surface area contributed by atoms with E-state index in [0.717, 1.165) is 5.56 Å². The predicted octanol–water partition coefficient (Wildman–Crippen LogP) is 3.07. The molecule has 0 aliphatic carbocycles. The van der Waals surface area contributed by atoms with Gasteiger partial charge < -0.3 is 25.6 Å². The summed E-state index contributed by atoms with van der Waals surface area (Å²) in [6.45, 7) is 1.39. The molecule has 11 heteroatoms. The number of ether oxygens (including phenoxy) is 1. The lowest BCUT2D eigenvalue weighted by Crippen LogP contribution is -2.34. The maximum atomic E-state index is 14.7. The number of nitrogens with zero attached hydrogens (tertiary/aromatic N) is 3. The van der Waals surface area contributed by atoms with Crippen LogP contribution in [0.3, 0.4) is 0 Å². The topological polar surface area (TPSA) is 121 Å². The molecule has 0 aliphatic rings. The van der Waals surface area contributed by atoms with Crippen LogP contribution in [0.15, 0.2) is 48.9 Å². The Kier molecular flexibility index (Phi) is 7.41. The molecule has 4 rings (SSSR count). The van der Waals surface area contributed by atoms with Crippen molar-refractivity contribution in [2.75, 3.05) is 25.6 Å². The van der Waals surface area contributed by atoms with Crippen LogP contribution in [0.1, 0.15) is 22.8 Å². The second kappa shape index (κ2) is 10.7. The van der Waals surface area contributed by atoms with Crippen LogP contribution in [0, 0.1) is 11.6 Å².